The molecule has 5 heteroatoms. The van der Waals surface area contributed by atoms with Gasteiger partial charge >= 0.3 is 6.03 Å². The number of benzene rings is 1. The summed E-state index contributed by atoms with van der Waals surface area (Å²) in [5.74, 6) is 0.447. The van der Waals surface area contributed by atoms with Crippen LogP contribution in [0.25, 0.3) is 10.9 Å². The summed E-state index contributed by atoms with van der Waals surface area (Å²) in [6, 6.07) is 7.00. The maximum atomic E-state index is 12.1. The van der Waals surface area contributed by atoms with Gasteiger partial charge in [-0.3, -0.25) is 0 Å². The van der Waals surface area contributed by atoms with Gasteiger partial charge in [0.1, 0.15) is 0 Å². The Morgan fingerprint density at radius 3 is 3.08 bits per heavy atom. The molecule has 1 aliphatic carbocycles. The third-order valence-corrected chi connectivity index (χ3v) is 5.70. The first kappa shape index (κ1) is 15.5. The molecule has 5 nitrogen and oxygen atoms in total. The van der Waals surface area contributed by atoms with E-state index >= 15 is 0 Å². The Morgan fingerprint density at radius 2 is 2.29 bits per heavy atom. The van der Waals surface area contributed by atoms with Gasteiger partial charge in [-0.2, -0.15) is 0 Å². The number of aromatic nitrogens is 1. The maximum absolute atomic E-state index is 12.1. The van der Waals surface area contributed by atoms with Crippen LogP contribution in [0.4, 0.5) is 4.79 Å². The topological polar surface area (TPSA) is 60.2 Å². The monoisotopic (exact) mass is 326 g/mol. The number of likely N-dealkylation sites (tertiary alicyclic amines) is 1. The normalized spacial score (nSPS) is 29.3. The van der Waals surface area contributed by atoms with E-state index in [2.05, 4.69) is 58.9 Å². The zero-order valence-corrected chi connectivity index (χ0v) is 14.6. The summed E-state index contributed by atoms with van der Waals surface area (Å²) in [5, 5.41) is 7.47. The predicted molar refractivity (Wildman–Crippen MR) is 96.4 cm³/mol. The number of fused-ring (bicyclic) bond motifs is 2. The summed E-state index contributed by atoms with van der Waals surface area (Å²) in [5.41, 5.74) is 3.86. The number of hydrogen-bond donors (Lipinski definition) is 3. The lowest BCUT2D eigenvalue weighted by Crippen LogP contribution is -2.62. The van der Waals surface area contributed by atoms with Gasteiger partial charge in [-0.15, -0.1) is 0 Å². The smallest absolute Gasteiger partial charge is 0.315 e. The van der Waals surface area contributed by atoms with Gasteiger partial charge in [0.05, 0.1) is 5.54 Å². The van der Waals surface area contributed by atoms with E-state index in [1.54, 1.807) is 0 Å². The molecule has 2 aromatic rings. The fourth-order valence-corrected chi connectivity index (χ4v) is 4.83. The van der Waals surface area contributed by atoms with Crippen LogP contribution in [0.5, 0.6) is 0 Å². The number of hydrogen-bond acceptors (Lipinski definition) is 2. The molecular formula is C19H26N4O. The SMILES string of the molecule is CCNC(=O)NC1(C)CC2c3cccc4[nH]cc(c34)CC2N(C)C1. The van der Waals surface area contributed by atoms with Gasteiger partial charge in [-0.05, 0) is 50.9 Å². The van der Waals surface area contributed by atoms with Crippen LogP contribution in [0.15, 0.2) is 24.4 Å². The molecule has 1 aromatic heterocycles. The molecule has 1 fully saturated rings. The van der Waals surface area contributed by atoms with E-state index in [9.17, 15) is 4.79 Å². The van der Waals surface area contributed by atoms with Gasteiger partial charge in [-0.1, -0.05) is 12.1 Å². The van der Waals surface area contributed by atoms with Crippen LogP contribution in [0.1, 0.15) is 37.3 Å². The van der Waals surface area contributed by atoms with E-state index in [0.29, 0.717) is 18.5 Å². The lowest BCUT2D eigenvalue weighted by Gasteiger charge is -2.50. The highest BCUT2D eigenvalue weighted by atomic mass is 16.2. The van der Waals surface area contributed by atoms with Crippen molar-refractivity contribution in [1.82, 2.24) is 20.5 Å². The van der Waals surface area contributed by atoms with Gasteiger partial charge in [0.25, 0.3) is 0 Å². The van der Waals surface area contributed by atoms with Gasteiger partial charge in [0.15, 0.2) is 0 Å². The number of carbonyl (C=O) groups is 1. The van der Waals surface area contributed by atoms with Gasteiger partial charge in [0.2, 0.25) is 0 Å². The zero-order valence-electron chi connectivity index (χ0n) is 14.6. The van der Waals surface area contributed by atoms with Crippen LogP contribution in [0.3, 0.4) is 0 Å². The average molecular weight is 326 g/mol. The molecule has 0 saturated carbocycles. The van der Waals surface area contributed by atoms with Crippen molar-refractivity contribution in [1.29, 1.82) is 0 Å². The molecule has 3 atom stereocenters. The Balaban J connectivity index is 1.69. The van der Waals surface area contributed by atoms with Gasteiger partial charge in [-0.25, -0.2) is 4.79 Å². The van der Waals surface area contributed by atoms with Crippen molar-refractivity contribution in [3.8, 4) is 0 Å². The van der Waals surface area contributed by atoms with Crippen LogP contribution in [0, 0.1) is 0 Å². The van der Waals surface area contributed by atoms with Crippen molar-refractivity contribution < 1.29 is 4.79 Å². The number of likely N-dealkylation sites (N-methyl/N-ethyl adjacent to an activating group) is 1. The molecule has 1 aromatic carbocycles. The molecule has 0 spiro atoms. The highest BCUT2D eigenvalue weighted by molar-refractivity contribution is 5.88. The number of aromatic amines is 1. The summed E-state index contributed by atoms with van der Waals surface area (Å²) in [4.78, 5) is 17.9. The van der Waals surface area contributed by atoms with Crippen LogP contribution in [-0.4, -0.2) is 47.6 Å². The van der Waals surface area contributed by atoms with E-state index in [1.165, 1.54) is 22.0 Å². The molecule has 3 unspecified atom stereocenters. The van der Waals surface area contributed by atoms with E-state index < -0.39 is 0 Å². The van der Waals surface area contributed by atoms with Crippen LogP contribution in [0.2, 0.25) is 0 Å². The molecule has 0 bridgehead atoms. The van der Waals surface area contributed by atoms with E-state index in [4.69, 9.17) is 0 Å². The number of piperidine rings is 1. The Kier molecular flexibility index (Phi) is 3.57. The number of nitrogens with zero attached hydrogens (tertiary/aromatic N) is 1. The maximum Gasteiger partial charge on any atom is 0.315 e. The van der Waals surface area contributed by atoms with E-state index in [1.807, 2.05) is 6.92 Å². The molecule has 1 saturated heterocycles. The van der Waals surface area contributed by atoms with Crippen molar-refractivity contribution in [3.05, 3.63) is 35.5 Å². The highest BCUT2D eigenvalue weighted by Crippen LogP contribution is 2.45. The largest absolute Gasteiger partial charge is 0.361 e. The molecule has 3 N–H and O–H groups in total. The van der Waals surface area contributed by atoms with Crippen molar-refractivity contribution >= 4 is 16.9 Å². The number of urea groups is 1. The molecule has 2 amide bonds. The third kappa shape index (κ3) is 2.38. The summed E-state index contributed by atoms with van der Waals surface area (Å²) in [7, 11) is 2.19. The van der Waals surface area contributed by atoms with Crippen LogP contribution in [-0.2, 0) is 6.42 Å². The first-order valence-electron chi connectivity index (χ1n) is 8.86. The molecule has 2 aliphatic rings. The Labute approximate surface area is 142 Å². The molecule has 0 radical (unpaired) electrons. The Morgan fingerprint density at radius 1 is 1.46 bits per heavy atom. The van der Waals surface area contributed by atoms with E-state index in [0.717, 1.165) is 19.4 Å². The number of carbonyl (C=O) groups excluding carboxylic acids is 1. The number of nitrogens with one attached hydrogen (secondary N) is 3. The molecule has 2 heterocycles. The molecule has 24 heavy (non-hydrogen) atoms. The standard InChI is InChI=1S/C19H26N4O/c1-4-20-18(24)22-19(2)9-14-13-6-5-7-15-17(13)12(10-21-15)8-16(14)23(3)11-19/h5-7,10,14,16,21H,4,8-9,11H2,1-3H3,(H2,20,22,24). The summed E-state index contributed by atoms with van der Waals surface area (Å²) in [6.45, 7) is 5.64. The minimum Gasteiger partial charge on any atom is -0.361 e. The first-order chi connectivity index (χ1) is 11.5. The number of amides is 2. The Hall–Kier alpha value is -2.01. The number of rotatable bonds is 2. The second-order valence-corrected chi connectivity index (χ2v) is 7.63. The second-order valence-electron chi connectivity index (χ2n) is 7.63. The van der Waals surface area contributed by atoms with E-state index in [-0.39, 0.29) is 11.6 Å². The summed E-state index contributed by atoms with van der Waals surface area (Å²) < 4.78 is 0. The van der Waals surface area contributed by atoms with Gasteiger partial charge < -0.3 is 20.5 Å². The predicted octanol–water partition coefficient (Wildman–Crippen LogP) is 2.59. The van der Waals surface area contributed by atoms with Crippen molar-refractivity contribution in [2.45, 2.75) is 44.2 Å². The molecular weight excluding hydrogens is 300 g/mol. The molecule has 128 valence electrons. The van der Waals surface area contributed by atoms with Crippen LogP contribution >= 0.6 is 0 Å². The minimum absolute atomic E-state index is 0.0665. The van der Waals surface area contributed by atoms with Crippen molar-refractivity contribution in [2.24, 2.45) is 0 Å². The van der Waals surface area contributed by atoms with Crippen LogP contribution < -0.4 is 10.6 Å². The Bertz CT molecular complexity index is 783. The summed E-state index contributed by atoms with van der Waals surface area (Å²) >= 11 is 0. The molecule has 1 aliphatic heterocycles. The quantitative estimate of drug-likeness (QED) is 0.794. The fourth-order valence-electron chi connectivity index (χ4n) is 4.83. The van der Waals surface area contributed by atoms with Crippen molar-refractivity contribution in [3.63, 3.8) is 0 Å². The second kappa shape index (κ2) is 5.52. The average Bonchev–Trinajstić information content (AvgIpc) is 2.93. The fraction of sp³-hybridized carbons (Fsp3) is 0.526. The van der Waals surface area contributed by atoms with Crippen molar-refractivity contribution in [2.75, 3.05) is 20.1 Å². The number of H-pyrrole nitrogens is 1. The lowest BCUT2D eigenvalue weighted by molar-refractivity contribution is 0.0849. The zero-order chi connectivity index (χ0) is 16.9. The summed E-state index contributed by atoms with van der Waals surface area (Å²) in [6.07, 6.45) is 4.22. The third-order valence-electron chi connectivity index (χ3n) is 5.70. The van der Waals surface area contributed by atoms with Gasteiger partial charge in [0, 0.05) is 42.1 Å². The minimum atomic E-state index is -0.217. The molecule has 4 rings (SSSR count). The highest BCUT2D eigenvalue weighted by Gasteiger charge is 2.44. The lowest BCUT2D eigenvalue weighted by atomic mass is 9.70. The first-order valence-corrected chi connectivity index (χ1v) is 8.86.